The van der Waals surface area contributed by atoms with Gasteiger partial charge in [0.2, 0.25) is 0 Å². The summed E-state index contributed by atoms with van der Waals surface area (Å²) in [4.78, 5) is 13.2. The molecule has 2 N–H and O–H groups in total. The molecule has 3 nitrogen and oxygen atoms in total. The Kier molecular flexibility index (Phi) is 3.99. The summed E-state index contributed by atoms with van der Waals surface area (Å²) >= 11 is 1.65. The van der Waals surface area contributed by atoms with Gasteiger partial charge in [0.05, 0.1) is 6.04 Å². The first kappa shape index (κ1) is 12.6. The maximum atomic E-state index is 12.0. The van der Waals surface area contributed by atoms with Crippen LogP contribution in [0.5, 0.6) is 0 Å². The molecule has 1 unspecified atom stereocenters. The van der Waals surface area contributed by atoms with E-state index in [0.717, 1.165) is 10.6 Å². The minimum atomic E-state index is -0.0430. The van der Waals surface area contributed by atoms with Crippen molar-refractivity contribution in [3.8, 4) is 0 Å². The van der Waals surface area contributed by atoms with Crippen molar-refractivity contribution in [2.24, 2.45) is 0 Å². The molecular formula is C14H16N2OS. The van der Waals surface area contributed by atoms with Crippen LogP contribution in [0.1, 0.15) is 28.2 Å². The molecule has 0 aliphatic rings. The third kappa shape index (κ3) is 2.90. The summed E-state index contributed by atoms with van der Waals surface area (Å²) in [5.41, 5.74) is 1.68. The Balaban J connectivity index is 2.03. The highest BCUT2D eigenvalue weighted by molar-refractivity contribution is 7.10. The van der Waals surface area contributed by atoms with E-state index in [0.29, 0.717) is 5.56 Å². The van der Waals surface area contributed by atoms with Crippen LogP contribution in [0.2, 0.25) is 0 Å². The van der Waals surface area contributed by atoms with Crippen molar-refractivity contribution in [3.05, 3.63) is 52.2 Å². The number of thiophene rings is 1. The van der Waals surface area contributed by atoms with Gasteiger partial charge in [0.15, 0.2) is 0 Å². The van der Waals surface area contributed by atoms with Gasteiger partial charge in [-0.3, -0.25) is 4.79 Å². The Labute approximate surface area is 111 Å². The first-order chi connectivity index (χ1) is 8.70. The smallest absolute Gasteiger partial charge is 0.251 e. The molecule has 1 heterocycles. The molecule has 1 atom stereocenters. The number of carbonyl (C=O) groups excluding carboxylic acids is 1. The number of hydrogen-bond donors (Lipinski definition) is 2. The van der Waals surface area contributed by atoms with Crippen LogP contribution < -0.4 is 10.6 Å². The van der Waals surface area contributed by atoms with Crippen LogP contribution >= 0.6 is 11.3 Å². The summed E-state index contributed by atoms with van der Waals surface area (Å²) in [5, 5.41) is 8.03. The third-order valence-electron chi connectivity index (χ3n) is 2.75. The molecule has 2 rings (SSSR count). The lowest BCUT2D eigenvalue weighted by Gasteiger charge is -2.12. The van der Waals surface area contributed by atoms with Crippen molar-refractivity contribution in [3.63, 3.8) is 0 Å². The fourth-order valence-corrected chi connectivity index (χ4v) is 2.41. The Morgan fingerprint density at radius 1 is 1.22 bits per heavy atom. The molecule has 18 heavy (non-hydrogen) atoms. The van der Waals surface area contributed by atoms with Crippen LogP contribution in [0.3, 0.4) is 0 Å². The lowest BCUT2D eigenvalue weighted by Crippen LogP contribution is -2.26. The fraction of sp³-hybridized carbons (Fsp3) is 0.214. The molecule has 1 amide bonds. The van der Waals surface area contributed by atoms with Crippen LogP contribution in [0.25, 0.3) is 0 Å². The van der Waals surface area contributed by atoms with Crippen LogP contribution in [0, 0.1) is 0 Å². The summed E-state index contributed by atoms with van der Waals surface area (Å²) in [5.74, 6) is -0.0430. The van der Waals surface area contributed by atoms with E-state index < -0.39 is 0 Å². The van der Waals surface area contributed by atoms with Gasteiger partial charge in [-0.2, -0.15) is 0 Å². The monoisotopic (exact) mass is 260 g/mol. The van der Waals surface area contributed by atoms with E-state index in [1.165, 1.54) is 0 Å². The van der Waals surface area contributed by atoms with Crippen molar-refractivity contribution in [1.29, 1.82) is 0 Å². The zero-order chi connectivity index (χ0) is 13.0. The van der Waals surface area contributed by atoms with Crippen LogP contribution in [0.4, 0.5) is 5.69 Å². The lowest BCUT2D eigenvalue weighted by molar-refractivity contribution is 0.0940. The number of rotatable bonds is 4. The highest BCUT2D eigenvalue weighted by atomic mass is 32.1. The molecule has 0 saturated carbocycles. The van der Waals surface area contributed by atoms with E-state index in [1.54, 1.807) is 11.3 Å². The van der Waals surface area contributed by atoms with Gasteiger partial charge in [-0.25, -0.2) is 0 Å². The van der Waals surface area contributed by atoms with Crippen LogP contribution in [-0.2, 0) is 0 Å². The molecule has 4 heteroatoms. The zero-order valence-electron chi connectivity index (χ0n) is 10.4. The molecular weight excluding hydrogens is 244 g/mol. The second-order valence-electron chi connectivity index (χ2n) is 4.04. The fourth-order valence-electron chi connectivity index (χ4n) is 1.68. The van der Waals surface area contributed by atoms with Gasteiger partial charge in [0.1, 0.15) is 0 Å². The summed E-state index contributed by atoms with van der Waals surface area (Å²) < 4.78 is 0. The molecule has 0 aliphatic heterocycles. The van der Waals surface area contributed by atoms with Crippen LogP contribution in [-0.4, -0.2) is 13.0 Å². The largest absolute Gasteiger partial charge is 0.388 e. The van der Waals surface area contributed by atoms with Gasteiger partial charge < -0.3 is 10.6 Å². The summed E-state index contributed by atoms with van der Waals surface area (Å²) in [6.45, 7) is 1.99. The average Bonchev–Trinajstić information content (AvgIpc) is 2.92. The lowest BCUT2D eigenvalue weighted by atomic mass is 10.1. The number of amides is 1. The van der Waals surface area contributed by atoms with E-state index >= 15 is 0 Å². The van der Waals surface area contributed by atoms with Crippen molar-refractivity contribution in [2.75, 3.05) is 12.4 Å². The molecule has 1 aromatic carbocycles. The molecule has 0 aliphatic carbocycles. The molecule has 94 valence electrons. The molecule has 1 aromatic heterocycles. The molecule has 0 radical (unpaired) electrons. The van der Waals surface area contributed by atoms with Crippen molar-refractivity contribution in [1.82, 2.24) is 5.32 Å². The third-order valence-corrected chi connectivity index (χ3v) is 3.81. The van der Waals surface area contributed by atoms with E-state index in [-0.39, 0.29) is 11.9 Å². The highest BCUT2D eigenvalue weighted by Crippen LogP contribution is 2.18. The zero-order valence-corrected chi connectivity index (χ0v) is 11.3. The topological polar surface area (TPSA) is 41.1 Å². The number of hydrogen-bond acceptors (Lipinski definition) is 3. The predicted octanol–water partition coefficient (Wildman–Crippen LogP) is 3.28. The second-order valence-corrected chi connectivity index (χ2v) is 5.02. The second kappa shape index (κ2) is 5.69. The van der Waals surface area contributed by atoms with Gasteiger partial charge in [0.25, 0.3) is 5.91 Å². The predicted molar refractivity (Wildman–Crippen MR) is 76.2 cm³/mol. The van der Waals surface area contributed by atoms with Crippen molar-refractivity contribution in [2.45, 2.75) is 13.0 Å². The van der Waals surface area contributed by atoms with E-state index in [1.807, 2.05) is 55.7 Å². The molecule has 0 fully saturated rings. The molecule has 0 bridgehead atoms. The maximum absolute atomic E-state index is 12.0. The number of anilines is 1. The summed E-state index contributed by atoms with van der Waals surface area (Å²) in [6.07, 6.45) is 0. The highest BCUT2D eigenvalue weighted by Gasteiger charge is 2.11. The van der Waals surface area contributed by atoms with Gasteiger partial charge in [-0.05, 0) is 42.6 Å². The Morgan fingerprint density at radius 2 is 1.94 bits per heavy atom. The minimum absolute atomic E-state index is 0.0430. The summed E-state index contributed by atoms with van der Waals surface area (Å²) in [6, 6.07) is 11.5. The Bertz CT molecular complexity index is 505. The average molecular weight is 260 g/mol. The van der Waals surface area contributed by atoms with Gasteiger partial charge in [-0.1, -0.05) is 6.07 Å². The SMILES string of the molecule is CNc1ccc(C(=O)NC(C)c2cccs2)cc1. The molecule has 2 aromatic rings. The first-order valence-electron chi connectivity index (χ1n) is 5.83. The Hall–Kier alpha value is -1.81. The standard InChI is InChI=1S/C14H16N2OS/c1-10(13-4-3-9-18-13)16-14(17)11-5-7-12(15-2)8-6-11/h3-10,15H,1-2H3,(H,16,17). The van der Waals surface area contributed by atoms with E-state index in [9.17, 15) is 4.79 Å². The Morgan fingerprint density at radius 3 is 2.50 bits per heavy atom. The maximum Gasteiger partial charge on any atom is 0.251 e. The first-order valence-corrected chi connectivity index (χ1v) is 6.71. The normalized spacial score (nSPS) is 11.9. The van der Waals surface area contributed by atoms with E-state index in [2.05, 4.69) is 10.6 Å². The van der Waals surface area contributed by atoms with Crippen molar-refractivity contribution >= 4 is 22.9 Å². The summed E-state index contributed by atoms with van der Waals surface area (Å²) in [7, 11) is 1.86. The molecule has 0 spiro atoms. The van der Waals surface area contributed by atoms with Crippen LogP contribution in [0.15, 0.2) is 41.8 Å². The van der Waals surface area contributed by atoms with Gasteiger partial charge in [0, 0.05) is 23.2 Å². The molecule has 0 saturated heterocycles. The van der Waals surface area contributed by atoms with Gasteiger partial charge >= 0.3 is 0 Å². The quantitative estimate of drug-likeness (QED) is 0.885. The number of benzene rings is 1. The minimum Gasteiger partial charge on any atom is -0.388 e. The van der Waals surface area contributed by atoms with E-state index in [4.69, 9.17) is 0 Å². The van der Waals surface area contributed by atoms with Crippen molar-refractivity contribution < 1.29 is 4.79 Å². The van der Waals surface area contributed by atoms with Gasteiger partial charge in [-0.15, -0.1) is 11.3 Å². The number of carbonyl (C=O) groups is 1. The number of nitrogens with one attached hydrogen (secondary N) is 2.